The molecule has 2 aromatic carbocycles. The van der Waals surface area contributed by atoms with Crippen LogP contribution in [-0.4, -0.2) is 50.2 Å². The maximum Gasteiger partial charge on any atom is 0.335 e. The minimum absolute atomic E-state index is 0.0784. The van der Waals surface area contributed by atoms with Gasteiger partial charge in [0, 0.05) is 35.3 Å². The summed E-state index contributed by atoms with van der Waals surface area (Å²) in [5.74, 6) is 0.733. The summed E-state index contributed by atoms with van der Waals surface area (Å²) in [7, 11) is 1.91. The monoisotopic (exact) mass is 566 g/mol. The first kappa shape index (κ1) is 27.9. The number of ether oxygens (including phenoxy) is 2. The van der Waals surface area contributed by atoms with E-state index < -0.39 is 11.8 Å². The summed E-state index contributed by atoms with van der Waals surface area (Å²) in [5.41, 5.74) is 3.01. The molecule has 1 aliphatic heterocycles. The highest BCUT2D eigenvalue weighted by Crippen LogP contribution is 2.31. The van der Waals surface area contributed by atoms with Crippen molar-refractivity contribution in [3.63, 3.8) is 0 Å². The number of aromatic nitrogens is 3. The van der Waals surface area contributed by atoms with Gasteiger partial charge in [-0.05, 0) is 62.7 Å². The van der Waals surface area contributed by atoms with Gasteiger partial charge in [-0.2, -0.15) is 0 Å². The number of rotatable bonds is 10. The molecule has 5 rings (SSSR count). The van der Waals surface area contributed by atoms with E-state index in [9.17, 15) is 14.3 Å². The summed E-state index contributed by atoms with van der Waals surface area (Å²) >= 11 is 5.84. The molecule has 0 bridgehead atoms. The number of hydrogen-bond acceptors (Lipinski definition) is 6. The second-order valence-electron chi connectivity index (χ2n) is 10.1. The lowest BCUT2D eigenvalue weighted by atomic mass is 9.93. The highest BCUT2D eigenvalue weighted by molar-refractivity contribution is 6.30. The number of carbonyl (C=O) groups is 1. The molecule has 1 N–H and O–H groups in total. The summed E-state index contributed by atoms with van der Waals surface area (Å²) in [4.78, 5) is 23.6. The highest BCUT2D eigenvalue weighted by Gasteiger charge is 2.24. The Morgan fingerprint density at radius 2 is 1.93 bits per heavy atom. The smallest absolute Gasteiger partial charge is 0.335 e. The van der Waals surface area contributed by atoms with Crippen LogP contribution in [0.25, 0.3) is 11.0 Å². The molecule has 40 heavy (non-hydrogen) atoms. The average Bonchev–Trinajstić information content (AvgIpc) is 3.26. The second-order valence-corrected chi connectivity index (χ2v) is 10.5. The molecule has 0 radical (unpaired) electrons. The van der Waals surface area contributed by atoms with Gasteiger partial charge in [0.2, 0.25) is 5.88 Å². The van der Waals surface area contributed by atoms with Crippen LogP contribution >= 0.6 is 11.6 Å². The largest absolute Gasteiger partial charge is 0.491 e. The van der Waals surface area contributed by atoms with Crippen LogP contribution in [0.2, 0.25) is 5.02 Å². The number of nitrogens with zero attached hydrogens (tertiary/aromatic N) is 4. The van der Waals surface area contributed by atoms with Crippen molar-refractivity contribution in [2.24, 2.45) is 7.05 Å². The molecule has 0 atom stereocenters. The van der Waals surface area contributed by atoms with Crippen molar-refractivity contribution in [2.75, 3.05) is 19.7 Å². The number of likely N-dealkylation sites (tertiary alicyclic amines) is 1. The molecule has 0 amide bonds. The Kier molecular flexibility index (Phi) is 8.52. The summed E-state index contributed by atoms with van der Waals surface area (Å²) in [6.07, 6.45) is 2.68. The van der Waals surface area contributed by atoms with E-state index in [4.69, 9.17) is 31.0 Å². The molecule has 1 fully saturated rings. The first-order valence-electron chi connectivity index (χ1n) is 13.4. The van der Waals surface area contributed by atoms with Crippen molar-refractivity contribution in [1.82, 2.24) is 19.4 Å². The maximum atomic E-state index is 14.1. The predicted molar refractivity (Wildman–Crippen MR) is 151 cm³/mol. The van der Waals surface area contributed by atoms with Gasteiger partial charge in [0.1, 0.15) is 29.5 Å². The number of benzene rings is 2. The van der Waals surface area contributed by atoms with Crippen molar-refractivity contribution in [1.29, 1.82) is 0 Å². The van der Waals surface area contributed by atoms with Crippen molar-refractivity contribution in [3.8, 4) is 11.6 Å². The molecule has 0 unspecified atom stereocenters. The van der Waals surface area contributed by atoms with Gasteiger partial charge in [0.15, 0.2) is 0 Å². The third-order valence-corrected chi connectivity index (χ3v) is 7.49. The zero-order valence-corrected chi connectivity index (χ0v) is 23.3. The van der Waals surface area contributed by atoms with E-state index in [0.717, 1.165) is 49.4 Å². The number of carboxylic acids is 1. The fourth-order valence-electron chi connectivity index (χ4n) is 5.01. The third-order valence-electron chi connectivity index (χ3n) is 7.26. The standard InChI is InChI=1S/C30H32ClFN4O4/c1-3-13-39-26-15-21(30(37)38)14-25-29(26)34-27(35(25)2)17-36-11-9-19(10-12-36)24-5-4-6-28(33-24)40-18-20-7-8-22(31)16-23(20)32/h4-8,14-16,19H,3,9-13,17-18H2,1-2H3,(H,37,38). The van der Waals surface area contributed by atoms with Crippen LogP contribution in [0.5, 0.6) is 11.6 Å². The topological polar surface area (TPSA) is 89.7 Å². The molecule has 0 spiro atoms. The zero-order valence-electron chi connectivity index (χ0n) is 22.6. The Morgan fingerprint density at radius 1 is 1.12 bits per heavy atom. The van der Waals surface area contributed by atoms with Gasteiger partial charge in [-0.15, -0.1) is 0 Å². The Labute approximate surface area is 237 Å². The van der Waals surface area contributed by atoms with Gasteiger partial charge in [0.25, 0.3) is 0 Å². The number of aryl methyl sites for hydroxylation is 1. The average molecular weight is 567 g/mol. The minimum Gasteiger partial charge on any atom is -0.491 e. The van der Waals surface area contributed by atoms with Crippen LogP contribution in [0.4, 0.5) is 4.39 Å². The highest BCUT2D eigenvalue weighted by atomic mass is 35.5. The molecule has 8 nitrogen and oxygen atoms in total. The first-order valence-corrected chi connectivity index (χ1v) is 13.8. The van der Waals surface area contributed by atoms with Crippen molar-refractivity contribution < 1.29 is 23.8 Å². The van der Waals surface area contributed by atoms with Gasteiger partial charge in [-0.1, -0.05) is 30.7 Å². The number of pyridine rings is 1. The van der Waals surface area contributed by atoms with E-state index in [-0.39, 0.29) is 12.2 Å². The molecule has 3 heterocycles. The molecule has 0 saturated carbocycles. The van der Waals surface area contributed by atoms with Crippen LogP contribution in [0.1, 0.15) is 59.5 Å². The van der Waals surface area contributed by atoms with Crippen LogP contribution < -0.4 is 9.47 Å². The van der Waals surface area contributed by atoms with Crippen LogP contribution in [0.15, 0.2) is 48.5 Å². The molecular formula is C30H32ClFN4O4. The van der Waals surface area contributed by atoms with E-state index in [1.54, 1.807) is 30.3 Å². The fourth-order valence-corrected chi connectivity index (χ4v) is 5.17. The number of imidazole rings is 1. The zero-order chi connectivity index (χ0) is 28.2. The molecule has 2 aromatic heterocycles. The summed E-state index contributed by atoms with van der Waals surface area (Å²) in [6, 6.07) is 13.5. The van der Waals surface area contributed by atoms with Gasteiger partial charge in [-0.25, -0.2) is 19.2 Å². The lowest BCUT2D eigenvalue weighted by molar-refractivity contribution is 0.0696. The third kappa shape index (κ3) is 6.21. The summed E-state index contributed by atoms with van der Waals surface area (Å²) in [6.45, 7) is 4.97. The second kappa shape index (κ2) is 12.2. The lowest BCUT2D eigenvalue weighted by Crippen LogP contribution is -2.33. The quantitative estimate of drug-likeness (QED) is 0.244. The maximum absolute atomic E-state index is 14.1. The number of carboxylic acid groups (broad SMARTS) is 1. The number of halogens is 2. The molecule has 1 saturated heterocycles. The van der Waals surface area contributed by atoms with Crippen LogP contribution in [0.3, 0.4) is 0 Å². The Balaban J connectivity index is 1.23. The van der Waals surface area contributed by atoms with Crippen LogP contribution in [-0.2, 0) is 20.2 Å². The van der Waals surface area contributed by atoms with E-state index in [1.807, 2.05) is 30.7 Å². The number of piperidine rings is 1. The van der Waals surface area contributed by atoms with Gasteiger partial charge < -0.3 is 19.1 Å². The van der Waals surface area contributed by atoms with E-state index in [2.05, 4.69) is 4.90 Å². The lowest BCUT2D eigenvalue weighted by Gasteiger charge is -2.31. The van der Waals surface area contributed by atoms with E-state index in [1.165, 1.54) is 6.07 Å². The molecule has 1 aliphatic rings. The van der Waals surface area contributed by atoms with E-state index >= 15 is 0 Å². The summed E-state index contributed by atoms with van der Waals surface area (Å²) < 4.78 is 27.7. The number of fused-ring (bicyclic) bond motifs is 1. The number of aromatic carboxylic acids is 1. The van der Waals surface area contributed by atoms with Crippen molar-refractivity contribution >= 4 is 28.6 Å². The Morgan fingerprint density at radius 3 is 2.65 bits per heavy atom. The SMILES string of the molecule is CCCOc1cc(C(=O)O)cc2c1nc(CN1CCC(c3cccc(OCc4ccc(Cl)cc4F)n3)CC1)n2C. The van der Waals surface area contributed by atoms with Crippen LogP contribution in [0, 0.1) is 5.82 Å². The van der Waals surface area contributed by atoms with Gasteiger partial charge in [-0.3, -0.25) is 4.90 Å². The predicted octanol–water partition coefficient (Wildman–Crippen LogP) is 6.21. The van der Waals surface area contributed by atoms with E-state index in [0.29, 0.717) is 46.8 Å². The minimum atomic E-state index is -0.992. The number of hydrogen-bond donors (Lipinski definition) is 1. The normalized spacial score (nSPS) is 14.5. The van der Waals surface area contributed by atoms with Crippen molar-refractivity contribution in [3.05, 3.63) is 82.0 Å². The molecule has 10 heteroatoms. The molecule has 210 valence electrons. The Hall–Kier alpha value is -3.69. The first-order chi connectivity index (χ1) is 19.3. The van der Waals surface area contributed by atoms with Gasteiger partial charge >= 0.3 is 5.97 Å². The Bertz CT molecular complexity index is 1520. The molecule has 4 aromatic rings. The van der Waals surface area contributed by atoms with Gasteiger partial charge in [0.05, 0.1) is 24.2 Å². The molecule has 0 aliphatic carbocycles. The van der Waals surface area contributed by atoms with Crippen molar-refractivity contribution in [2.45, 2.75) is 45.3 Å². The fraction of sp³-hybridized carbons (Fsp3) is 0.367. The summed E-state index contributed by atoms with van der Waals surface area (Å²) in [5, 5.41) is 9.91. The molecular weight excluding hydrogens is 535 g/mol.